The zero-order chi connectivity index (χ0) is 13.8. The van der Waals surface area contributed by atoms with Gasteiger partial charge in [0.1, 0.15) is 5.69 Å². The van der Waals surface area contributed by atoms with Crippen LogP contribution in [0.15, 0.2) is 11.2 Å². The average molecular weight is 281 g/mol. The second kappa shape index (κ2) is 6.10. The fraction of sp³-hybridized carbons (Fsp3) is 0.583. The van der Waals surface area contributed by atoms with Gasteiger partial charge in [0.25, 0.3) is 0 Å². The number of anilines is 1. The highest BCUT2D eigenvalue weighted by Crippen LogP contribution is 2.24. The first-order valence-corrected chi connectivity index (χ1v) is 7.39. The fourth-order valence-electron chi connectivity index (χ4n) is 2.02. The highest BCUT2D eigenvalue weighted by molar-refractivity contribution is 8.00. The van der Waals surface area contributed by atoms with E-state index in [-0.39, 0.29) is 5.84 Å². The van der Waals surface area contributed by atoms with Crippen LogP contribution in [0.2, 0.25) is 0 Å². The van der Waals surface area contributed by atoms with Crippen LogP contribution in [-0.4, -0.2) is 45.1 Å². The van der Waals surface area contributed by atoms with Crippen LogP contribution < -0.4 is 10.6 Å². The lowest BCUT2D eigenvalue weighted by Crippen LogP contribution is -2.39. The second-order valence-electron chi connectivity index (χ2n) is 4.53. The highest BCUT2D eigenvalue weighted by atomic mass is 32.2. The summed E-state index contributed by atoms with van der Waals surface area (Å²) < 4.78 is 0. The predicted molar refractivity (Wildman–Crippen MR) is 78.0 cm³/mol. The van der Waals surface area contributed by atoms with Crippen LogP contribution in [0.1, 0.15) is 24.7 Å². The Bertz CT molecular complexity index is 479. The SMILES string of the molecule is CCC1CN(c2nc(C)cc(/C(N)=N/O)n2)CCS1. The van der Waals surface area contributed by atoms with E-state index in [1.54, 1.807) is 6.07 Å². The summed E-state index contributed by atoms with van der Waals surface area (Å²) in [5, 5.41) is 12.4. The lowest BCUT2D eigenvalue weighted by Gasteiger charge is -2.32. The number of hydrogen-bond donors (Lipinski definition) is 2. The largest absolute Gasteiger partial charge is 0.409 e. The van der Waals surface area contributed by atoms with Gasteiger partial charge in [-0.05, 0) is 19.4 Å². The molecule has 0 saturated carbocycles. The van der Waals surface area contributed by atoms with E-state index >= 15 is 0 Å². The van der Waals surface area contributed by atoms with Crippen LogP contribution in [-0.2, 0) is 0 Å². The molecular weight excluding hydrogens is 262 g/mol. The molecule has 0 aromatic carbocycles. The lowest BCUT2D eigenvalue weighted by atomic mass is 10.3. The van der Waals surface area contributed by atoms with Crippen molar-refractivity contribution < 1.29 is 5.21 Å². The van der Waals surface area contributed by atoms with Gasteiger partial charge in [0.05, 0.1) is 0 Å². The Kier molecular flexibility index (Phi) is 4.47. The lowest BCUT2D eigenvalue weighted by molar-refractivity contribution is 0.318. The number of hydrogen-bond acceptors (Lipinski definition) is 6. The van der Waals surface area contributed by atoms with E-state index in [0.29, 0.717) is 16.9 Å². The molecule has 0 spiro atoms. The summed E-state index contributed by atoms with van der Waals surface area (Å²) in [4.78, 5) is 11.0. The van der Waals surface area contributed by atoms with Crippen molar-refractivity contribution in [1.29, 1.82) is 0 Å². The summed E-state index contributed by atoms with van der Waals surface area (Å²) in [6.45, 7) is 5.95. The maximum atomic E-state index is 8.75. The monoisotopic (exact) mass is 281 g/mol. The van der Waals surface area contributed by atoms with Crippen molar-refractivity contribution in [2.45, 2.75) is 25.5 Å². The van der Waals surface area contributed by atoms with Crippen LogP contribution >= 0.6 is 11.8 Å². The Morgan fingerprint density at radius 1 is 1.63 bits per heavy atom. The molecule has 0 amide bonds. The highest BCUT2D eigenvalue weighted by Gasteiger charge is 2.21. The molecule has 1 aliphatic rings. The van der Waals surface area contributed by atoms with Crippen molar-refractivity contribution >= 4 is 23.5 Å². The minimum Gasteiger partial charge on any atom is -0.409 e. The van der Waals surface area contributed by atoms with Gasteiger partial charge >= 0.3 is 0 Å². The van der Waals surface area contributed by atoms with E-state index < -0.39 is 0 Å². The van der Waals surface area contributed by atoms with Crippen molar-refractivity contribution in [2.24, 2.45) is 10.9 Å². The molecule has 0 radical (unpaired) electrons. The first-order valence-electron chi connectivity index (χ1n) is 6.34. The van der Waals surface area contributed by atoms with E-state index in [1.807, 2.05) is 18.7 Å². The van der Waals surface area contributed by atoms with Crippen molar-refractivity contribution in [3.63, 3.8) is 0 Å². The molecule has 6 nitrogen and oxygen atoms in total. The number of aryl methyl sites for hydroxylation is 1. The molecule has 1 aromatic rings. The van der Waals surface area contributed by atoms with Crippen molar-refractivity contribution in [3.05, 3.63) is 17.5 Å². The molecule has 104 valence electrons. The Labute approximate surface area is 117 Å². The van der Waals surface area contributed by atoms with E-state index in [0.717, 1.165) is 31.0 Å². The number of rotatable bonds is 3. The Morgan fingerprint density at radius 3 is 3.11 bits per heavy atom. The third kappa shape index (κ3) is 3.28. The minimum absolute atomic E-state index is 0.0187. The molecule has 2 heterocycles. The van der Waals surface area contributed by atoms with E-state index in [9.17, 15) is 0 Å². The zero-order valence-corrected chi connectivity index (χ0v) is 12.0. The normalized spacial score (nSPS) is 20.6. The summed E-state index contributed by atoms with van der Waals surface area (Å²) in [5.74, 6) is 1.76. The molecule has 19 heavy (non-hydrogen) atoms. The molecule has 1 fully saturated rings. The summed E-state index contributed by atoms with van der Waals surface area (Å²) in [5.41, 5.74) is 6.89. The third-order valence-electron chi connectivity index (χ3n) is 3.09. The summed E-state index contributed by atoms with van der Waals surface area (Å²) in [6.07, 6.45) is 1.14. The Morgan fingerprint density at radius 2 is 2.42 bits per heavy atom. The van der Waals surface area contributed by atoms with Crippen LogP contribution in [0, 0.1) is 6.92 Å². The smallest absolute Gasteiger partial charge is 0.226 e. The number of amidine groups is 1. The van der Waals surface area contributed by atoms with E-state index in [4.69, 9.17) is 10.9 Å². The first-order chi connectivity index (χ1) is 9.13. The molecular formula is C12H19N5OS. The summed E-state index contributed by atoms with van der Waals surface area (Å²) in [7, 11) is 0. The van der Waals surface area contributed by atoms with Crippen LogP contribution in [0.25, 0.3) is 0 Å². The number of nitrogens with two attached hydrogens (primary N) is 1. The van der Waals surface area contributed by atoms with Gasteiger partial charge < -0.3 is 15.8 Å². The zero-order valence-electron chi connectivity index (χ0n) is 11.2. The first kappa shape index (κ1) is 13.9. The number of aromatic nitrogens is 2. The predicted octanol–water partition coefficient (Wildman–Crippen LogP) is 1.21. The van der Waals surface area contributed by atoms with Crippen molar-refractivity contribution in [3.8, 4) is 0 Å². The summed E-state index contributed by atoms with van der Waals surface area (Å²) in [6, 6.07) is 1.72. The average Bonchev–Trinajstić information content (AvgIpc) is 2.45. The van der Waals surface area contributed by atoms with Crippen molar-refractivity contribution in [1.82, 2.24) is 9.97 Å². The third-order valence-corrected chi connectivity index (χ3v) is 4.46. The maximum absolute atomic E-state index is 8.75. The molecule has 0 aliphatic carbocycles. The molecule has 0 bridgehead atoms. The van der Waals surface area contributed by atoms with Crippen molar-refractivity contribution in [2.75, 3.05) is 23.7 Å². The van der Waals surface area contributed by atoms with Gasteiger partial charge in [-0.3, -0.25) is 0 Å². The Balaban J connectivity index is 2.26. The van der Waals surface area contributed by atoms with Gasteiger partial charge in [0.15, 0.2) is 5.84 Å². The van der Waals surface area contributed by atoms with Crippen LogP contribution in [0.3, 0.4) is 0 Å². The molecule has 7 heteroatoms. The molecule has 1 saturated heterocycles. The quantitative estimate of drug-likeness (QED) is 0.375. The van der Waals surface area contributed by atoms with E-state index in [1.165, 1.54) is 0 Å². The molecule has 1 aliphatic heterocycles. The topological polar surface area (TPSA) is 87.6 Å². The number of oxime groups is 1. The van der Waals surface area contributed by atoms with Gasteiger partial charge in [0.2, 0.25) is 5.95 Å². The molecule has 1 aromatic heterocycles. The van der Waals surface area contributed by atoms with Crippen LogP contribution in [0.4, 0.5) is 5.95 Å². The Hall–Kier alpha value is -1.50. The standard InChI is InChI=1S/C12H19N5OS/c1-3-9-7-17(4-5-19-9)12-14-8(2)6-10(15-12)11(13)16-18/h6,9,18H,3-5,7H2,1-2H3,(H2,13,16). The molecule has 3 N–H and O–H groups in total. The maximum Gasteiger partial charge on any atom is 0.226 e. The number of nitrogens with zero attached hydrogens (tertiary/aromatic N) is 4. The van der Waals surface area contributed by atoms with E-state index in [2.05, 4.69) is 26.9 Å². The second-order valence-corrected chi connectivity index (χ2v) is 5.94. The summed E-state index contributed by atoms with van der Waals surface area (Å²) >= 11 is 2.00. The van der Waals surface area contributed by atoms with Gasteiger partial charge in [0, 0.05) is 29.8 Å². The number of thioether (sulfide) groups is 1. The van der Waals surface area contributed by atoms with Gasteiger partial charge in [-0.25, -0.2) is 9.97 Å². The minimum atomic E-state index is 0.0187. The molecule has 1 atom stereocenters. The van der Waals surface area contributed by atoms with Gasteiger partial charge in [-0.1, -0.05) is 12.1 Å². The van der Waals surface area contributed by atoms with Gasteiger partial charge in [-0.15, -0.1) is 0 Å². The van der Waals surface area contributed by atoms with Crippen LogP contribution in [0.5, 0.6) is 0 Å². The molecule has 1 unspecified atom stereocenters. The van der Waals surface area contributed by atoms with Gasteiger partial charge in [-0.2, -0.15) is 11.8 Å². The fourth-order valence-corrected chi connectivity index (χ4v) is 3.20. The molecule has 2 rings (SSSR count).